The molecule has 16 heavy (non-hydrogen) atoms. The molecule has 0 aliphatic carbocycles. The summed E-state index contributed by atoms with van der Waals surface area (Å²) < 4.78 is 8.28. The lowest BCUT2D eigenvalue weighted by molar-refractivity contribution is 0.0588. The van der Waals surface area contributed by atoms with E-state index < -0.39 is 5.97 Å². The summed E-state index contributed by atoms with van der Waals surface area (Å²) in [5.74, 6) is -0.559. The number of carbonyl (C=O) groups is 1. The summed E-state index contributed by atoms with van der Waals surface area (Å²) in [6.07, 6.45) is 1.67. The fourth-order valence-electron chi connectivity index (χ4n) is 0.755. The molecule has 8 heteroatoms. The highest BCUT2D eigenvalue weighted by Gasteiger charge is 2.13. The topological polar surface area (TPSA) is 76.1 Å². The second-order valence-corrected chi connectivity index (χ2v) is 3.70. The van der Waals surface area contributed by atoms with Crippen LogP contribution in [-0.2, 0) is 4.74 Å². The highest BCUT2D eigenvalue weighted by molar-refractivity contribution is 7.80. The Bertz CT molecular complexity index is 404. The molecular weight excluding hydrogens is 248 g/mol. The maximum Gasteiger partial charge on any atom is 0.377 e. The molecule has 1 heterocycles. The standard InChI is InChI=1S/C8H10N4O2S2/c1-3-4-9-7(15)11-8-10-5(12-16-8)6(13)14-2/h3H,1,4H2,2H3,(H2,9,10,11,12,15). The lowest BCUT2D eigenvalue weighted by Crippen LogP contribution is -2.28. The monoisotopic (exact) mass is 258 g/mol. The van der Waals surface area contributed by atoms with Crippen LogP contribution in [0.3, 0.4) is 0 Å². The molecule has 0 bridgehead atoms. The lowest BCUT2D eigenvalue weighted by atomic mass is 10.6. The third-order valence-electron chi connectivity index (χ3n) is 1.42. The van der Waals surface area contributed by atoms with E-state index in [9.17, 15) is 4.79 Å². The van der Waals surface area contributed by atoms with Gasteiger partial charge in [-0.15, -0.1) is 6.58 Å². The van der Waals surface area contributed by atoms with Gasteiger partial charge in [-0.05, 0) is 12.2 Å². The number of ether oxygens (including phenoxy) is 1. The summed E-state index contributed by atoms with van der Waals surface area (Å²) in [6, 6.07) is 0. The van der Waals surface area contributed by atoms with Gasteiger partial charge in [-0.3, -0.25) is 0 Å². The number of anilines is 1. The van der Waals surface area contributed by atoms with E-state index in [2.05, 4.69) is 31.3 Å². The van der Waals surface area contributed by atoms with E-state index in [1.807, 2.05) is 0 Å². The van der Waals surface area contributed by atoms with Crippen LogP contribution in [0.25, 0.3) is 0 Å². The van der Waals surface area contributed by atoms with Crippen molar-refractivity contribution in [3.05, 3.63) is 18.5 Å². The number of thiocarbonyl (C=S) groups is 1. The first-order chi connectivity index (χ1) is 7.67. The van der Waals surface area contributed by atoms with E-state index in [1.165, 1.54) is 7.11 Å². The number of hydrogen-bond donors (Lipinski definition) is 2. The summed E-state index contributed by atoms with van der Waals surface area (Å²) in [6.45, 7) is 4.09. The molecule has 0 aromatic carbocycles. The van der Waals surface area contributed by atoms with Crippen LogP contribution < -0.4 is 10.6 Å². The molecule has 0 aliphatic rings. The number of carbonyl (C=O) groups excluding carboxylic acids is 1. The Labute approximate surface area is 102 Å². The summed E-state index contributed by atoms with van der Waals surface area (Å²) in [5, 5.41) is 6.47. The largest absolute Gasteiger partial charge is 0.463 e. The summed E-state index contributed by atoms with van der Waals surface area (Å²) in [4.78, 5) is 15.0. The van der Waals surface area contributed by atoms with Gasteiger partial charge >= 0.3 is 5.97 Å². The van der Waals surface area contributed by atoms with Gasteiger partial charge < -0.3 is 15.4 Å². The van der Waals surface area contributed by atoms with Gasteiger partial charge in [0.05, 0.1) is 7.11 Å². The van der Waals surface area contributed by atoms with E-state index in [4.69, 9.17) is 12.2 Å². The average molecular weight is 258 g/mol. The second kappa shape index (κ2) is 6.13. The molecule has 1 aromatic rings. The molecule has 0 saturated heterocycles. The van der Waals surface area contributed by atoms with Crippen molar-refractivity contribution in [1.29, 1.82) is 0 Å². The van der Waals surface area contributed by atoms with Gasteiger partial charge in [0.25, 0.3) is 5.82 Å². The Hall–Kier alpha value is -1.54. The molecule has 0 spiro atoms. The highest BCUT2D eigenvalue weighted by Crippen LogP contribution is 2.11. The van der Waals surface area contributed by atoms with Gasteiger partial charge in [-0.1, -0.05) is 6.08 Å². The third-order valence-corrected chi connectivity index (χ3v) is 2.30. The van der Waals surface area contributed by atoms with Crippen molar-refractivity contribution >= 4 is 40.0 Å². The van der Waals surface area contributed by atoms with Crippen LogP contribution in [0.5, 0.6) is 0 Å². The molecule has 0 atom stereocenters. The van der Waals surface area contributed by atoms with E-state index in [-0.39, 0.29) is 5.82 Å². The van der Waals surface area contributed by atoms with E-state index in [0.717, 1.165) is 11.5 Å². The number of hydrogen-bond acceptors (Lipinski definition) is 6. The number of methoxy groups -OCH3 is 1. The maximum atomic E-state index is 11.1. The van der Waals surface area contributed by atoms with Gasteiger partial charge in [0.1, 0.15) is 0 Å². The Morgan fingerprint density at radius 3 is 3.12 bits per heavy atom. The molecule has 0 unspecified atom stereocenters. The third kappa shape index (κ3) is 3.55. The maximum absolute atomic E-state index is 11.1. The van der Waals surface area contributed by atoms with Gasteiger partial charge in [-0.2, -0.15) is 9.36 Å². The number of esters is 1. The Kier molecular flexibility index (Phi) is 4.80. The lowest BCUT2D eigenvalue weighted by Gasteiger charge is -2.04. The predicted molar refractivity (Wildman–Crippen MR) is 65.7 cm³/mol. The van der Waals surface area contributed by atoms with Gasteiger partial charge in [0, 0.05) is 18.1 Å². The fraction of sp³-hybridized carbons (Fsp3) is 0.250. The molecular formula is C8H10N4O2S2. The SMILES string of the molecule is C=CCNC(=S)Nc1nc(C(=O)OC)ns1. The van der Waals surface area contributed by atoms with Crippen LogP contribution in [0.1, 0.15) is 10.6 Å². The first-order valence-corrected chi connectivity index (χ1v) is 5.43. The highest BCUT2D eigenvalue weighted by atomic mass is 32.1. The first-order valence-electron chi connectivity index (χ1n) is 4.25. The summed E-state index contributed by atoms with van der Waals surface area (Å²) >= 11 is 5.99. The molecule has 86 valence electrons. The zero-order chi connectivity index (χ0) is 12.0. The van der Waals surface area contributed by atoms with Crippen LogP contribution >= 0.6 is 23.8 Å². The minimum Gasteiger partial charge on any atom is -0.463 e. The summed E-state index contributed by atoms with van der Waals surface area (Å²) in [7, 11) is 1.27. The predicted octanol–water partition coefficient (Wildman–Crippen LogP) is 0.797. The zero-order valence-corrected chi connectivity index (χ0v) is 10.2. The Morgan fingerprint density at radius 2 is 2.50 bits per heavy atom. The van der Waals surface area contributed by atoms with Crippen molar-refractivity contribution in [3.8, 4) is 0 Å². The molecule has 0 radical (unpaired) electrons. The van der Waals surface area contributed by atoms with E-state index in [0.29, 0.717) is 16.8 Å². The minimum atomic E-state index is -0.575. The molecule has 1 aromatic heterocycles. The average Bonchev–Trinajstić information content (AvgIpc) is 2.73. The van der Waals surface area contributed by atoms with Gasteiger partial charge in [0.15, 0.2) is 5.11 Å². The van der Waals surface area contributed by atoms with E-state index in [1.54, 1.807) is 6.08 Å². The molecule has 2 N–H and O–H groups in total. The van der Waals surface area contributed by atoms with Crippen molar-refractivity contribution in [3.63, 3.8) is 0 Å². The number of nitrogens with zero attached hydrogens (tertiary/aromatic N) is 2. The normalized spacial score (nSPS) is 9.31. The minimum absolute atomic E-state index is 0.0153. The number of aromatic nitrogens is 2. The molecule has 0 saturated carbocycles. The van der Waals surface area contributed by atoms with Crippen molar-refractivity contribution in [2.75, 3.05) is 19.0 Å². The van der Waals surface area contributed by atoms with Crippen LogP contribution in [0.4, 0.5) is 5.13 Å². The van der Waals surface area contributed by atoms with Gasteiger partial charge in [-0.25, -0.2) is 4.79 Å². The quantitative estimate of drug-likeness (QED) is 0.470. The van der Waals surface area contributed by atoms with Crippen molar-refractivity contribution < 1.29 is 9.53 Å². The smallest absolute Gasteiger partial charge is 0.377 e. The van der Waals surface area contributed by atoms with Crippen LogP contribution in [0.2, 0.25) is 0 Å². The first kappa shape index (κ1) is 12.5. The fourth-order valence-corrected chi connectivity index (χ4v) is 1.56. The zero-order valence-electron chi connectivity index (χ0n) is 8.52. The number of rotatable bonds is 4. The van der Waals surface area contributed by atoms with Crippen molar-refractivity contribution in [2.45, 2.75) is 0 Å². The number of nitrogens with one attached hydrogen (secondary N) is 2. The molecule has 0 amide bonds. The van der Waals surface area contributed by atoms with E-state index >= 15 is 0 Å². The molecule has 6 nitrogen and oxygen atoms in total. The molecule has 1 rings (SSSR count). The Morgan fingerprint density at radius 1 is 1.75 bits per heavy atom. The Balaban J connectivity index is 2.55. The van der Waals surface area contributed by atoms with Crippen molar-refractivity contribution in [2.24, 2.45) is 0 Å². The van der Waals surface area contributed by atoms with Crippen LogP contribution in [0, 0.1) is 0 Å². The molecule has 0 fully saturated rings. The van der Waals surface area contributed by atoms with Crippen LogP contribution in [-0.4, -0.2) is 34.1 Å². The second-order valence-electron chi connectivity index (χ2n) is 2.54. The van der Waals surface area contributed by atoms with Gasteiger partial charge in [0.2, 0.25) is 5.13 Å². The molecule has 0 aliphatic heterocycles. The van der Waals surface area contributed by atoms with Crippen molar-refractivity contribution in [1.82, 2.24) is 14.7 Å². The van der Waals surface area contributed by atoms with Crippen LogP contribution in [0.15, 0.2) is 12.7 Å². The summed E-state index contributed by atoms with van der Waals surface area (Å²) in [5.41, 5.74) is 0.